The van der Waals surface area contributed by atoms with E-state index in [1.54, 1.807) is 0 Å². The van der Waals surface area contributed by atoms with Crippen LogP contribution < -0.4 is 3.32 Å². The van der Waals surface area contributed by atoms with Crippen LogP contribution in [0.2, 0.25) is 20.1 Å². The summed E-state index contributed by atoms with van der Waals surface area (Å²) in [5, 5.41) is 0.151. The Hall–Kier alpha value is 0.654. The van der Waals surface area contributed by atoms with Crippen LogP contribution in [0.25, 0.3) is 0 Å². The summed E-state index contributed by atoms with van der Waals surface area (Å²) in [4.78, 5) is 0. The molecule has 0 aliphatic carbocycles. The third-order valence-electron chi connectivity index (χ3n) is 1.27. The Balaban J connectivity index is 3.25. The van der Waals surface area contributed by atoms with Crippen LogP contribution in [0.15, 0.2) is 6.07 Å². The number of hydrogen-bond acceptors (Lipinski definition) is 2. The zero-order valence-corrected chi connectivity index (χ0v) is 10.9. The van der Waals surface area contributed by atoms with Crippen LogP contribution in [0.3, 0.4) is 0 Å². The van der Waals surface area contributed by atoms with Crippen LogP contribution in [0.1, 0.15) is 0 Å². The molecule has 1 N–H and O–H groups in total. The minimum absolute atomic E-state index is 0.00437. The normalized spacial score (nSPS) is 10.1. The summed E-state index contributed by atoms with van der Waals surface area (Å²) in [5.41, 5.74) is 0. The van der Waals surface area contributed by atoms with Crippen molar-refractivity contribution in [3.63, 3.8) is 0 Å². The van der Waals surface area contributed by atoms with Gasteiger partial charge in [0.15, 0.2) is 0 Å². The van der Waals surface area contributed by atoms with Gasteiger partial charge in [0.25, 0.3) is 0 Å². The Bertz CT molecular complexity index is 395. The molecule has 14 heavy (non-hydrogen) atoms. The molecule has 0 aromatic heterocycles. The van der Waals surface area contributed by atoms with E-state index < -0.39 is 18.6 Å². The summed E-state index contributed by atoms with van der Waals surface area (Å²) in [6.45, 7) is 0. The predicted molar refractivity (Wildman–Crippen MR) is 50.0 cm³/mol. The zero-order valence-electron chi connectivity index (χ0n) is 6.35. The van der Waals surface area contributed by atoms with Crippen molar-refractivity contribution in [1.82, 2.24) is 0 Å². The first kappa shape index (κ1) is 12.7. The Kier molecular flexibility index (Phi) is 4.66. The molecule has 0 heterocycles. The average Bonchev–Trinajstić information content (AvgIpc) is 2.10. The van der Waals surface area contributed by atoms with Gasteiger partial charge in [-0.05, 0) is 0 Å². The van der Waals surface area contributed by atoms with Crippen molar-refractivity contribution in [1.29, 1.82) is 0 Å². The van der Waals surface area contributed by atoms with Gasteiger partial charge in [0.2, 0.25) is 0 Å². The Morgan fingerprint density at radius 1 is 1.14 bits per heavy atom. The van der Waals surface area contributed by atoms with E-state index in [2.05, 4.69) is 3.32 Å². The third kappa shape index (κ3) is 2.83. The molecule has 0 unspecified atom stereocenters. The van der Waals surface area contributed by atoms with Crippen molar-refractivity contribution in [2.24, 2.45) is 0 Å². The standard InChI is InChI=1S/C6H2Cl4O.H2O.O.Ti/c7-2-1-3(11)5(9)6(10)4(2)8;;;/h1,11H;1H2;;/q;;;+2/p-2. The maximum absolute atomic E-state index is 10.5. The Labute approximate surface area is 107 Å². The van der Waals surface area contributed by atoms with Gasteiger partial charge in [0, 0.05) is 0 Å². The number of rotatable bonds is 2. The molecule has 0 bridgehead atoms. The van der Waals surface area contributed by atoms with Gasteiger partial charge in [0.1, 0.15) is 0 Å². The van der Waals surface area contributed by atoms with E-state index in [1.165, 1.54) is 6.07 Å². The summed E-state index contributed by atoms with van der Waals surface area (Å²) < 4.78 is 23.6. The molecule has 0 atom stereocenters. The molecule has 0 saturated carbocycles. The van der Waals surface area contributed by atoms with E-state index in [4.69, 9.17) is 50.1 Å². The summed E-state index contributed by atoms with van der Waals surface area (Å²) in [7, 11) is 0. The first-order chi connectivity index (χ1) is 6.43. The summed E-state index contributed by atoms with van der Waals surface area (Å²) in [6.07, 6.45) is 0. The van der Waals surface area contributed by atoms with E-state index in [9.17, 15) is 3.32 Å². The number of benzene rings is 1. The van der Waals surface area contributed by atoms with E-state index in [0.29, 0.717) is 0 Å². The van der Waals surface area contributed by atoms with Gasteiger partial charge in [0.05, 0.1) is 0 Å². The molecule has 0 aliphatic rings. The molecule has 3 nitrogen and oxygen atoms in total. The van der Waals surface area contributed by atoms with Gasteiger partial charge < -0.3 is 0 Å². The van der Waals surface area contributed by atoms with Crippen molar-refractivity contribution in [3.8, 4) is 5.75 Å². The second-order valence-electron chi connectivity index (χ2n) is 2.17. The molecular formula is C6H2Cl4O3Ti. The molecule has 1 rings (SSSR count). The van der Waals surface area contributed by atoms with Crippen LogP contribution >= 0.6 is 46.4 Å². The molecule has 0 amide bonds. The molecule has 1 aromatic carbocycles. The Morgan fingerprint density at radius 2 is 1.71 bits per heavy atom. The third-order valence-corrected chi connectivity index (χ3v) is 3.62. The van der Waals surface area contributed by atoms with E-state index >= 15 is 0 Å². The van der Waals surface area contributed by atoms with Crippen molar-refractivity contribution in [3.05, 3.63) is 26.2 Å². The fourth-order valence-corrected chi connectivity index (χ4v) is 2.19. The monoisotopic (exact) mass is 310 g/mol. The predicted octanol–water partition coefficient (Wildman–Crippen LogP) is 3.46. The summed E-state index contributed by atoms with van der Waals surface area (Å²) in [6, 6.07) is 1.24. The molecule has 0 spiro atoms. The van der Waals surface area contributed by atoms with Gasteiger partial charge in [-0.15, -0.1) is 0 Å². The number of hydrogen-bond donors (Lipinski definition) is 1. The first-order valence-corrected chi connectivity index (χ1v) is 6.65. The van der Waals surface area contributed by atoms with Crippen molar-refractivity contribution in [2.75, 3.05) is 0 Å². The summed E-state index contributed by atoms with van der Waals surface area (Å²) in [5.74, 6) is -0.0430. The zero-order chi connectivity index (χ0) is 10.9. The van der Waals surface area contributed by atoms with Gasteiger partial charge in [-0.1, -0.05) is 0 Å². The molecule has 0 saturated heterocycles. The second-order valence-corrected chi connectivity index (χ2v) is 4.86. The van der Waals surface area contributed by atoms with Crippen molar-refractivity contribution in [2.45, 2.75) is 0 Å². The average molecular weight is 312 g/mol. The molecule has 0 radical (unpaired) electrons. The van der Waals surface area contributed by atoms with Crippen LogP contribution in [0.5, 0.6) is 5.75 Å². The molecule has 1 aromatic rings. The van der Waals surface area contributed by atoms with Gasteiger partial charge in [-0.2, -0.15) is 0 Å². The van der Waals surface area contributed by atoms with Crippen LogP contribution in [0, 0.1) is 0 Å². The van der Waals surface area contributed by atoms with E-state index in [-0.39, 0.29) is 25.8 Å². The van der Waals surface area contributed by atoms with Crippen LogP contribution in [0.4, 0.5) is 0 Å². The molecule has 76 valence electrons. The quantitative estimate of drug-likeness (QED) is 0.517. The maximum atomic E-state index is 10.5. The van der Waals surface area contributed by atoms with Crippen molar-refractivity contribution >= 4 is 46.4 Å². The SMILES string of the molecule is [O]=[Ti]([OH])[O]c1cc(Cl)c(Cl)c(Cl)c1Cl. The number of halogens is 4. The van der Waals surface area contributed by atoms with Crippen molar-refractivity contribution < 1.29 is 28.9 Å². The Morgan fingerprint density at radius 3 is 2.21 bits per heavy atom. The van der Waals surface area contributed by atoms with E-state index in [1.807, 2.05) is 0 Å². The second kappa shape index (κ2) is 5.13. The fourth-order valence-electron chi connectivity index (χ4n) is 0.720. The van der Waals surface area contributed by atoms with Gasteiger partial charge in [-0.3, -0.25) is 0 Å². The van der Waals surface area contributed by atoms with E-state index in [0.717, 1.165) is 0 Å². The topological polar surface area (TPSA) is 46.5 Å². The summed E-state index contributed by atoms with van der Waals surface area (Å²) >= 11 is 19.0. The molecule has 0 fully saturated rings. The minimum atomic E-state index is -3.72. The first-order valence-electron chi connectivity index (χ1n) is 3.17. The fraction of sp³-hybridized carbons (Fsp3) is 0. The van der Waals surface area contributed by atoms with Crippen LogP contribution in [-0.4, -0.2) is 3.69 Å². The van der Waals surface area contributed by atoms with Gasteiger partial charge >= 0.3 is 107 Å². The van der Waals surface area contributed by atoms with Crippen LogP contribution in [-0.2, 0) is 21.9 Å². The van der Waals surface area contributed by atoms with Gasteiger partial charge in [-0.25, -0.2) is 0 Å². The molecular weight excluding hydrogens is 310 g/mol. The molecule has 0 aliphatic heterocycles. The molecule has 8 heteroatoms.